The highest BCUT2D eigenvalue weighted by molar-refractivity contribution is 5.77. The number of carbonyl (C=O) groups excluding carboxylic acids is 1. The largest absolute Gasteiger partial charge is 0.380 e. The third-order valence-corrected chi connectivity index (χ3v) is 4.67. The number of carbonyl (C=O) groups is 1. The minimum atomic E-state index is -0.191. The smallest absolute Gasteiger partial charge is 0.225 e. The van der Waals surface area contributed by atoms with Crippen LogP contribution in [0.1, 0.15) is 43.4 Å². The molecule has 122 valence electrons. The third kappa shape index (κ3) is 3.87. The number of nitrogens with zero attached hydrogens (tertiary/aromatic N) is 1. The first-order chi connectivity index (χ1) is 10.6. The highest BCUT2D eigenvalue weighted by atomic mass is 16.5. The van der Waals surface area contributed by atoms with Gasteiger partial charge in [-0.25, -0.2) is 0 Å². The molecule has 1 aromatic rings. The summed E-state index contributed by atoms with van der Waals surface area (Å²) >= 11 is 0. The van der Waals surface area contributed by atoms with Crippen LogP contribution in [0.3, 0.4) is 0 Å². The van der Waals surface area contributed by atoms with Crippen molar-refractivity contribution in [2.24, 2.45) is 11.7 Å². The summed E-state index contributed by atoms with van der Waals surface area (Å²) in [6.45, 7) is 5.52. The van der Waals surface area contributed by atoms with E-state index < -0.39 is 0 Å². The molecule has 2 rings (SSSR count). The molecule has 1 saturated heterocycles. The summed E-state index contributed by atoms with van der Waals surface area (Å²) in [6.07, 6.45) is 2.40. The first-order valence-corrected chi connectivity index (χ1v) is 8.15. The van der Waals surface area contributed by atoms with Crippen LogP contribution in [0.5, 0.6) is 0 Å². The Morgan fingerprint density at radius 2 is 2.09 bits per heavy atom. The van der Waals surface area contributed by atoms with Gasteiger partial charge in [0.15, 0.2) is 0 Å². The van der Waals surface area contributed by atoms with Crippen LogP contribution >= 0.6 is 0 Å². The first-order valence-electron chi connectivity index (χ1n) is 8.15. The summed E-state index contributed by atoms with van der Waals surface area (Å²) in [7, 11) is 1.61. The van der Waals surface area contributed by atoms with E-state index in [1.807, 2.05) is 4.90 Å². The number of hydrogen-bond donors (Lipinski definition) is 1. The van der Waals surface area contributed by atoms with Crippen molar-refractivity contribution in [3.05, 3.63) is 35.4 Å². The van der Waals surface area contributed by atoms with Gasteiger partial charge in [-0.2, -0.15) is 0 Å². The summed E-state index contributed by atoms with van der Waals surface area (Å²) in [5.74, 6) is 0.619. The molecular formula is C18H28N2O2. The van der Waals surface area contributed by atoms with Gasteiger partial charge in [-0.1, -0.05) is 36.8 Å². The van der Waals surface area contributed by atoms with Crippen molar-refractivity contribution in [1.29, 1.82) is 0 Å². The number of likely N-dealkylation sites (tertiary alicyclic amines) is 1. The number of nitrogens with two attached hydrogens (primary N) is 1. The van der Waals surface area contributed by atoms with Crippen molar-refractivity contribution in [2.45, 2.75) is 45.3 Å². The second-order valence-corrected chi connectivity index (χ2v) is 6.36. The Bertz CT molecular complexity index is 482. The van der Waals surface area contributed by atoms with Crippen molar-refractivity contribution in [2.75, 3.05) is 20.2 Å². The van der Waals surface area contributed by atoms with Gasteiger partial charge < -0.3 is 15.4 Å². The maximum absolute atomic E-state index is 12.7. The van der Waals surface area contributed by atoms with Gasteiger partial charge in [-0.3, -0.25) is 4.79 Å². The number of piperidine rings is 1. The highest BCUT2D eigenvalue weighted by Gasteiger charge is 2.33. The standard InChI is InChI=1S/C18H28N2O2/c1-13-6-8-15(9-7-13)18-14(2)5-4-10-20(18)17(21)11-16(12-19)22-3/h6-9,14,16,18H,4-5,10-12,19H2,1-3H3. The monoisotopic (exact) mass is 304 g/mol. The molecule has 2 N–H and O–H groups in total. The zero-order valence-corrected chi connectivity index (χ0v) is 13.9. The molecule has 1 heterocycles. The Hall–Kier alpha value is -1.39. The van der Waals surface area contributed by atoms with E-state index in [4.69, 9.17) is 10.5 Å². The molecule has 1 amide bonds. The number of amides is 1. The molecule has 0 aromatic heterocycles. The summed E-state index contributed by atoms with van der Waals surface area (Å²) in [5.41, 5.74) is 8.13. The number of hydrogen-bond acceptors (Lipinski definition) is 3. The van der Waals surface area contributed by atoms with Crippen molar-refractivity contribution < 1.29 is 9.53 Å². The van der Waals surface area contributed by atoms with Gasteiger partial charge >= 0.3 is 0 Å². The zero-order valence-electron chi connectivity index (χ0n) is 13.9. The minimum Gasteiger partial charge on any atom is -0.380 e. The van der Waals surface area contributed by atoms with Crippen molar-refractivity contribution >= 4 is 5.91 Å². The van der Waals surface area contributed by atoms with Gasteiger partial charge in [0, 0.05) is 20.2 Å². The molecule has 0 aliphatic carbocycles. The number of aryl methyl sites for hydroxylation is 1. The Kier molecular flexibility index (Phi) is 5.98. The molecule has 1 aliphatic heterocycles. The number of benzene rings is 1. The predicted molar refractivity (Wildman–Crippen MR) is 88.5 cm³/mol. The van der Waals surface area contributed by atoms with Crippen LogP contribution in [0.2, 0.25) is 0 Å². The lowest BCUT2D eigenvalue weighted by atomic mass is 9.85. The summed E-state index contributed by atoms with van der Waals surface area (Å²) in [5, 5.41) is 0. The molecule has 1 fully saturated rings. The molecule has 0 bridgehead atoms. The van der Waals surface area contributed by atoms with Crippen LogP contribution in [0.15, 0.2) is 24.3 Å². The van der Waals surface area contributed by atoms with Crippen LogP contribution in [0.4, 0.5) is 0 Å². The van der Waals surface area contributed by atoms with Crippen LogP contribution in [-0.4, -0.2) is 37.1 Å². The minimum absolute atomic E-state index is 0.148. The molecule has 4 nitrogen and oxygen atoms in total. The Labute approximate surface area is 133 Å². The fourth-order valence-corrected chi connectivity index (χ4v) is 3.31. The van der Waals surface area contributed by atoms with Gasteiger partial charge in [0.1, 0.15) is 0 Å². The SMILES string of the molecule is COC(CN)CC(=O)N1CCCC(C)C1c1ccc(C)cc1. The van der Waals surface area contributed by atoms with Gasteiger partial charge in [-0.15, -0.1) is 0 Å². The van der Waals surface area contributed by atoms with E-state index >= 15 is 0 Å². The van der Waals surface area contributed by atoms with Crippen LogP contribution in [-0.2, 0) is 9.53 Å². The summed E-state index contributed by atoms with van der Waals surface area (Å²) in [4.78, 5) is 14.7. The molecule has 1 aromatic carbocycles. The van der Waals surface area contributed by atoms with Crippen molar-refractivity contribution in [1.82, 2.24) is 4.90 Å². The highest BCUT2D eigenvalue weighted by Crippen LogP contribution is 2.36. The average molecular weight is 304 g/mol. The van der Waals surface area contributed by atoms with E-state index in [9.17, 15) is 4.79 Å². The van der Waals surface area contributed by atoms with E-state index in [-0.39, 0.29) is 18.1 Å². The molecule has 0 saturated carbocycles. The first kappa shape index (κ1) is 17.0. The van der Waals surface area contributed by atoms with Gasteiger partial charge in [0.25, 0.3) is 0 Å². The molecule has 0 radical (unpaired) electrons. The van der Waals surface area contributed by atoms with E-state index in [0.29, 0.717) is 18.9 Å². The predicted octanol–water partition coefficient (Wildman–Crippen LogP) is 2.66. The van der Waals surface area contributed by atoms with Crippen molar-refractivity contribution in [3.63, 3.8) is 0 Å². The van der Waals surface area contributed by atoms with Crippen molar-refractivity contribution in [3.8, 4) is 0 Å². The van der Waals surface area contributed by atoms with Crippen LogP contribution in [0.25, 0.3) is 0 Å². The number of rotatable bonds is 5. The number of ether oxygens (including phenoxy) is 1. The molecule has 0 spiro atoms. The lowest BCUT2D eigenvalue weighted by Gasteiger charge is -2.41. The quantitative estimate of drug-likeness (QED) is 0.910. The van der Waals surface area contributed by atoms with Gasteiger partial charge in [0.05, 0.1) is 18.6 Å². The fourth-order valence-electron chi connectivity index (χ4n) is 3.31. The van der Waals surface area contributed by atoms with E-state index in [1.165, 1.54) is 11.1 Å². The topological polar surface area (TPSA) is 55.6 Å². The van der Waals surface area contributed by atoms with E-state index in [0.717, 1.165) is 19.4 Å². The van der Waals surface area contributed by atoms with Crippen LogP contribution in [0, 0.1) is 12.8 Å². The second-order valence-electron chi connectivity index (χ2n) is 6.36. The fraction of sp³-hybridized carbons (Fsp3) is 0.611. The normalized spacial score (nSPS) is 23.4. The van der Waals surface area contributed by atoms with Crippen LogP contribution < -0.4 is 5.73 Å². The Morgan fingerprint density at radius 1 is 1.41 bits per heavy atom. The molecule has 1 aliphatic rings. The molecule has 4 heteroatoms. The lowest BCUT2D eigenvalue weighted by molar-refractivity contribution is -0.139. The Balaban J connectivity index is 2.19. The maximum Gasteiger partial charge on any atom is 0.225 e. The molecule has 22 heavy (non-hydrogen) atoms. The van der Waals surface area contributed by atoms with Gasteiger partial charge in [-0.05, 0) is 31.2 Å². The number of methoxy groups -OCH3 is 1. The summed E-state index contributed by atoms with van der Waals surface area (Å²) in [6, 6.07) is 8.71. The summed E-state index contributed by atoms with van der Waals surface area (Å²) < 4.78 is 5.27. The Morgan fingerprint density at radius 3 is 2.68 bits per heavy atom. The van der Waals surface area contributed by atoms with E-state index in [2.05, 4.69) is 38.1 Å². The molecule has 3 unspecified atom stereocenters. The average Bonchev–Trinajstić information content (AvgIpc) is 2.53. The second kappa shape index (κ2) is 7.75. The lowest BCUT2D eigenvalue weighted by Crippen LogP contribution is -2.44. The molecular weight excluding hydrogens is 276 g/mol. The van der Waals surface area contributed by atoms with E-state index in [1.54, 1.807) is 7.11 Å². The van der Waals surface area contributed by atoms with Gasteiger partial charge in [0.2, 0.25) is 5.91 Å². The third-order valence-electron chi connectivity index (χ3n) is 4.67. The maximum atomic E-state index is 12.7. The molecule has 3 atom stereocenters. The zero-order chi connectivity index (χ0) is 16.1.